The fraction of sp³-hybridized carbons (Fsp3) is 0.488. The van der Waals surface area contributed by atoms with Crippen LogP contribution in [-0.4, -0.2) is 27.1 Å². The standard InChI is InChI=1S/C30H37N.C7H16.C2H6.CH3F.CH2O/c1-23-17-13-14-19-25(23)29(3,4)24(2)18-11-9-8-10-12-22-28-30(5,6)26-20-15-16-21-27(26)31(28)7;1-3-5-7-6-4-2;3*1-2/h8-22,28H,1-7H3;3-7H2,1-2H3;1-2H3;1H3;1H2/b10-8+,11-9+,22-12+,24-18-;;;;. The van der Waals surface area contributed by atoms with Crippen LogP contribution in [0.15, 0.2) is 96.6 Å². The Morgan fingerprint density at radius 2 is 1.36 bits per heavy atom. The first-order valence-corrected chi connectivity index (χ1v) is 16.3. The number of hydrogen-bond acceptors (Lipinski definition) is 2. The van der Waals surface area contributed by atoms with E-state index in [0.717, 1.165) is 0 Å². The first-order chi connectivity index (χ1) is 21.1. The van der Waals surface area contributed by atoms with E-state index < -0.39 is 0 Å². The van der Waals surface area contributed by atoms with Crippen molar-refractivity contribution in [1.29, 1.82) is 0 Å². The van der Waals surface area contributed by atoms with Crippen LogP contribution in [0.25, 0.3) is 0 Å². The highest BCUT2D eigenvalue weighted by atomic mass is 19.1. The first-order valence-electron chi connectivity index (χ1n) is 16.3. The van der Waals surface area contributed by atoms with Crippen LogP contribution in [-0.2, 0) is 15.6 Å². The molecule has 0 aromatic heterocycles. The Morgan fingerprint density at radius 3 is 1.91 bits per heavy atom. The van der Waals surface area contributed by atoms with Crippen LogP contribution in [0.1, 0.15) is 111 Å². The van der Waals surface area contributed by atoms with E-state index >= 15 is 0 Å². The van der Waals surface area contributed by atoms with Crippen molar-refractivity contribution in [2.75, 3.05) is 19.1 Å². The Kier molecular flexibility index (Phi) is 23.6. The van der Waals surface area contributed by atoms with E-state index in [9.17, 15) is 4.39 Å². The molecule has 3 heteroatoms. The Morgan fingerprint density at radius 1 is 0.864 bits per heavy atom. The highest BCUT2D eigenvalue weighted by molar-refractivity contribution is 5.64. The molecule has 1 heterocycles. The molecule has 1 atom stereocenters. The maximum Gasteiger partial charge on any atom is 0.106 e. The third kappa shape index (κ3) is 13.2. The van der Waals surface area contributed by atoms with E-state index in [-0.39, 0.29) is 10.8 Å². The summed E-state index contributed by atoms with van der Waals surface area (Å²) in [6, 6.07) is 17.8. The summed E-state index contributed by atoms with van der Waals surface area (Å²) in [5, 5.41) is 0. The van der Waals surface area contributed by atoms with Gasteiger partial charge in [-0.2, -0.15) is 0 Å². The van der Waals surface area contributed by atoms with Gasteiger partial charge in [-0.25, -0.2) is 0 Å². The van der Waals surface area contributed by atoms with Gasteiger partial charge in [0.15, 0.2) is 0 Å². The molecule has 0 aliphatic carbocycles. The minimum atomic E-state index is 0.0208. The van der Waals surface area contributed by atoms with Gasteiger partial charge in [-0.3, -0.25) is 4.39 Å². The lowest BCUT2D eigenvalue weighted by Gasteiger charge is -2.29. The van der Waals surface area contributed by atoms with Gasteiger partial charge in [-0.15, -0.1) is 0 Å². The number of nitrogens with zero attached hydrogens (tertiary/aromatic N) is 1. The molecule has 0 fully saturated rings. The van der Waals surface area contributed by atoms with Gasteiger partial charge in [-0.1, -0.05) is 178 Å². The second-order valence-electron chi connectivity index (χ2n) is 11.8. The Balaban J connectivity index is 0. The maximum absolute atomic E-state index is 9.50. The smallest absolute Gasteiger partial charge is 0.106 e. The SMILES string of the molecule is C/C(=C/C=C/C=C/C=C/C1N(C)c2ccccc2C1(C)C)C(C)(C)c1ccccc1C.C=O.CC.CCCCCCC.CF. The molecule has 246 valence electrons. The summed E-state index contributed by atoms with van der Waals surface area (Å²) in [7, 11) is 2.69. The van der Waals surface area contributed by atoms with Gasteiger partial charge >= 0.3 is 0 Å². The number of likely N-dealkylation sites (N-methyl/N-ethyl adjacent to an activating group) is 1. The van der Waals surface area contributed by atoms with E-state index in [0.29, 0.717) is 13.2 Å². The van der Waals surface area contributed by atoms with Crippen molar-refractivity contribution in [2.45, 2.75) is 118 Å². The molecule has 1 aliphatic rings. The van der Waals surface area contributed by atoms with Gasteiger partial charge < -0.3 is 9.69 Å². The predicted molar refractivity (Wildman–Crippen MR) is 197 cm³/mol. The average molecular weight is 606 g/mol. The number of carbonyl (C=O) groups is 1. The molecule has 1 aliphatic heterocycles. The van der Waals surface area contributed by atoms with Crippen molar-refractivity contribution in [2.24, 2.45) is 0 Å². The molecule has 1 unspecified atom stereocenters. The summed E-state index contributed by atoms with van der Waals surface area (Å²) in [5.41, 5.74) is 6.97. The van der Waals surface area contributed by atoms with E-state index in [4.69, 9.17) is 4.79 Å². The highest BCUT2D eigenvalue weighted by Gasteiger charge is 2.41. The molecular formula is C41H64FNO. The number of halogens is 1. The summed E-state index contributed by atoms with van der Waals surface area (Å²) >= 11 is 0. The molecule has 0 amide bonds. The van der Waals surface area contributed by atoms with Crippen LogP contribution in [0.3, 0.4) is 0 Å². The zero-order chi connectivity index (χ0) is 34.2. The van der Waals surface area contributed by atoms with Crippen LogP contribution < -0.4 is 4.90 Å². The zero-order valence-corrected chi connectivity index (χ0v) is 30.2. The third-order valence-corrected chi connectivity index (χ3v) is 8.23. The van der Waals surface area contributed by atoms with E-state index in [2.05, 4.69) is 158 Å². The van der Waals surface area contributed by atoms with Crippen LogP contribution in [0.5, 0.6) is 0 Å². The van der Waals surface area contributed by atoms with Crippen molar-refractivity contribution in [3.63, 3.8) is 0 Å². The number of benzene rings is 2. The number of hydrogen-bond donors (Lipinski definition) is 0. The molecule has 0 saturated heterocycles. The lowest BCUT2D eigenvalue weighted by molar-refractivity contribution is -0.0980. The van der Waals surface area contributed by atoms with E-state index in [1.54, 1.807) is 0 Å². The number of alkyl halides is 1. The maximum atomic E-state index is 9.50. The van der Waals surface area contributed by atoms with Gasteiger partial charge in [0.05, 0.1) is 13.2 Å². The Labute approximate surface area is 271 Å². The zero-order valence-electron chi connectivity index (χ0n) is 30.2. The molecule has 0 spiro atoms. The summed E-state index contributed by atoms with van der Waals surface area (Å²) < 4.78 is 9.50. The van der Waals surface area contributed by atoms with Crippen LogP contribution in [0.4, 0.5) is 10.1 Å². The summed E-state index contributed by atoms with van der Waals surface area (Å²) in [5.74, 6) is 0. The molecule has 44 heavy (non-hydrogen) atoms. The van der Waals surface area contributed by atoms with Crippen molar-refractivity contribution >= 4 is 12.5 Å². The summed E-state index contributed by atoms with van der Waals surface area (Å²) in [6.45, 7) is 24.2. The Hall–Kier alpha value is -3.20. The van der Waals surface area contributed by atoms with Crippen LogP contribution in [0, 0.1) is 6.92 Å². The number of para-hydroxylation sites is 1. The van der Waals surface area contributed by atoms with Gasteiger partial charge in [0.1, 0.15) is 6.79 Å². The number of aryl methyl sites for hydroxylation is 1. The second-order valence-corrected chi connectivity index (χ2v) is 11.8. The highest BCUT2D eigenvalue weighted by Crippen LogP contribution is 2.44. The molecule has 2 nitrogen and oxygen atoms in total. The molecule has 2 aromatic carbocycles. The van der Waals surface area contributed by atoms with Crippen molar-refractivity contribution in [3.05, 3.63) is 113 Å². The minimum Gasteiger partial charge on any atom is -0.367 e. The Bertz CT molecular complexity index is 1130. The predicted octanol–water partition coefficient (Wildman–Crippen LogP) is 12.1. The van der Waals surface area contributed by atoms with Gasteiger partial charge in [0.2, 0.25) is 0 Å². The molecule has 2 aromatic rings. The number of anilines is 1. The third-order valence-electron chi connectivity index (χ3n) is 8.23. The van der Waals surface area contributed by atoms with Crippen LogP contribution in [0.2, 0.25) is 0 Å². The first kappa shape index (κ1) is 42.9. The van der Waals surface area contributed by atoms with E-state index in [1.807, 2.05) is 20.6 Å². The largest absolute Gasteiger partial charge is 0.367 e. The fourth-order valence-electron chi connectivity index (χ4n) is 5.42. The summed E-state index contributed by atoms with van der Waals surface area (Å²) in [4.78, 5) is 10.4. The van der Waals surface area contributed by atoms with Crippen molar-refractivity contribution < 1.29 is 9.18 Å². The number of unbranched alkanes of at least 4 members (excludes halogenated alkanes) is 4. The minimum absolute atomic E-state index is 0.0208. The molecule has 0 bridgehead atoms. The molecule has 0 N–H and O–H groups in total. The quantitative estimate of drug-likeness (QED) is 0.198. The molecule has 0 saturated carbocycles. The van der Waals surface area contributed by atoms with Crippen LogP contribution >= 0.6 is 0 Å². The van der Waals surface area contributed by atoms with E-state index in [1.165, 1.54) is 60.1 Å². The topological polar surface area (TPSA) is 20.3 Å². The average Bonchev–Trinajstić information content (AvgIpc) is 3.24. The van der Waals surface area contributed by atoms with Gasteiger partial charge in [-0.05, 0) is 36.6 Å². The molecule has 3 rings (SSSR count). The number of fused-ring (bicyclic) bond motifs is 1. The van der Waals surface area contributed by atoms with Crippen molar-refractivity contribution in [3.8, 4) is 0 Å². The normalized spacial score (nSPS) is 15.3. The van der Waals surface area contributed by atoms with Gasteiger partial charge in [0.25, 0.3) is 0 Å². The molecular weight excluding hydrogens is 541 g/mol. The second kappa shape index (κ2) is 24.2. The lowest BCUT2D eigenvalue weighted by Crippen LogP contribution is -2.37. The number of allylic oxidation sites excluding steroid dienone is 7. The fourth-order valence-corrected chi connectivity index (χ4v) is 5.42. The molecule has 0 radical (unpaired) electrons. The van der Waals surface area contributed by atoms with Gasteiger partial charge in [0, 0.05) is 23.6 Å². The number of rotatable bonds is 10. The summed E-state index contributed by atoms with van der Waals surface area (Å²) in [6.07, 6.45) is 22.2. The monoisotopic (exact) mass is 605 g/mol. The number of carbonyl (C=O) groups excluding carboxylic acids is 1. The van der Waals surface area contributed by atoms with Crippen molar-refractivity contribution in [1.82, 2.24) is 0 Å². The lowest BCUT2D eigenvalue weighted by atomic mass is 9.76.